The monoisotopic (exact) mass is 454 g/mol. The molecule has 25 heavy (non-hydrogen) atoms. The molecule has 0 saturated heterocycles. The van der Waals surface area contributed by atoms with Crippen LogP contribution in [0, 0.1) is 0 Å². The van der Waals surface area contributed by atoms with Crippen LogP contribution in [0.2, 0.25) is 0 Å². The lowest BCUT2D eigenvalue weighted by Gasteiger charge is -2.07. The highest BCUT2D eigenvalue weighted by atomic mass is 127. The molecule has 2 heterocycles. The van der Waals surface area contributed by atoms with Gasteiger partial charge in [-0.05, 0) is 24.3 Å². The minimum absolute atomic E-state index is 0. The molecule has 0 unspecified atom stereocenters. The molecule has 0 spiro atoms. The first-order chi connectivity index (χ1) is 11.7. The van der Waals surface area contributed by atoms with Gasteiger partial charge in [0, 0.05) is 24.7 Å². The topological polar surface area (TPSA) is 114 Å². The number of aliphatic imine (C=N–C) groups is 1. The summed E-state index contributed by atoms with van der Waals surface area (Å²) in [4.78, 5) is 8.62. The number of hydrogen-bond donors (Lipinski definition) is 3. The molecule has 0 amide bonds. The van der Waals surface area contributed by atoms with E-state index in [-0.39, 0.29) is 24.0 Å². The van der Waals surface area contributed by atoms with E-state index in [1.807, 2.05) is 24.3 Å². The average molecular weight is 454 g/mol. The summed E-state index contributed by atoms with van der Waals surface area (Å²) in [5.74, 6) is 2.95. The van der Waals surface area contributed by atoms with Gasteiger partial charge in [-0.15, -0.1) is 24.0 Å². The first-order valence-corrected chi connectivity index (χ1v) is 7.41. The minimum Gasteiger partial charge on any atom is -0.497 e. The Hall–Kier alpha value is -2.56. The van der Waals surface area contributed by atoms with Gasteiger partial charge in [-0.25, -0.2) is 4.98 Å². The molecule has 0 aliphatic carbocycles. The lowest BCUT2D eigenvalue weighted by atomic mass is 10.3. The number of ether oxygens (including phenoxy) is 1. The number of furan rings is 1. The summed E-state index contributed by atoms with van der Waals surface area (Å²) in [5, 5.41) is 9.99. The van der Waals surface area contributed by atoms with Gasteiger partial charge in [0.15, 0.2) is 11.7 Å². The third-order valence-electron chi connectivity index (χ3n) is 3.25. The van der Waals surface area contributed by atoms with Gasteiger partial charge in [-0.1, -0.05) is 6.07 Å². The van der Waals surface area contributed by atoms with Gasteiger partial charge in [-0.3, -0.25) is 10.1 Å². The number of rotatable bonds is 6. The van der Waals surface area contributed by atoms with Crippen molar-refractivity contribution in [2.45, 2.75) is 6.42 Å². The molecule has 9 heteroatoms. The van der Waals surface area contributed by atoms with E-state index in [1.165, 1.54) is 0 Å². The van der Waals surface area contributed by atoms with Crippen molar-refractivity contribution in [2.75, 3.05) is 19.0 Å². The van der Waals surface area contributed by atoms with E-state index in [0.29, 0.717) is 30.5 Å². The molecule has 0 aliphatic heterocycles. The number of aromatic nitrogens is 3. The predicted molar refractivity (Wildman–Crippen MR) is 106 cm³/mol. The van der Waals surface area contributed by atoms with Crippen molar-refractivity contribution in [2.24, 2.45) is 10.7 Å². The highest BCUT2D eigenvalue weighted by Crippen LogP contribution is 2.16. The fraction of sp³-hybridized carbons (Fsp3) is 0.188. The molecule has 0 atom stereocenters. The summed E-state index contributed by atoms with van der Waals surface area (Å²) >= 11 is 0. The maximum atomic E-state index is 5.88. The maximum absolute atomic E-state index is 5.88. The van der Waals surface area contributed by atoms with E-state index in [9.17, 15) is 0 Å². The minimum atomic E-state index is 0. The van der Waals surface area contributed by atoms with E-state index in [1.54, 1.807) is 25.5 Å². The summed E-state index contributed by atoms with van der Waals surface area (Å²) in [6.45, 7) is 0.482. The molecule has 4 N–H and O–H groups in total. The first kappa shape index (κ1) is 18.8. The van der Waals surface area contributed by atoms with Crippen LogP contribution in [-0.2, 0) is 6.42 Å². The Bertz CT molecular complexity index is 816. The Morgan fingerprint density at radius 3 is 3.00 bits per heavy atom. The van der Waals surface area contributed by atoms with Gasteiger partial charge in [-0.2, -0.15) is 5.10 Å². The average Bonchev–Trinajstić information content (AvgIpc) is 3.26. The molecule has 2 aromatic heterocycles. The van der Waals surface area contributed by atoms with Crippen LogP contribution in [0.15, 0.2) is 52.1 Å². The van der Waals surface area contributed by atoms with Gasteiger partial charge in [0.1, 0.15) is 11.6 Å². The second kappa shape index (κ2) is 9.06. The van der Waals surface area contributed by atoms with Crippen molar-refractivity contribution in [3.05, 3.63) is 48.5 Å². The number of anilines is 1. The van der Waals surface area contributed by atoms with Crippen LogP contribution in [0.1, 0.15) is 5.82 Å². The second-order valence-electron chi connectivity index (χ2n) is 4.96. The van der Waals surface area contributed by atoms with Gasteiger partial charge in [0.2, 0.25) is 5.82 Å². The Morgan fingerprint density at radius 2 is 2.24 bits per heavy atom. The number of nitrogens with two attached hydrogens (primary N) is 1. The van der Waals surface area contributed by atoms with Crippen LogP contribution in [-0.4, -0.2) is 34.8 Å². The molecule has 0 radical (unpaired) electrons. The van der Waals surface area contributed by atoms with Crippen LogP contribution in [0.25, 0.3) is 11.6 Å². The maximum Gasteiger partial charge on any atom is 0.216 e. The molecular formula is C16H19IN6O2. The van der Waals surface area contributed by atoms with Crippen LogP contribution in [0.3, 0.4) is 0 Å². The van der Waals surface area contributed by atoms with Gasteiger partial charge < -0.3 is 20.2 Å². The smallest absolute Gasteiger partial charge is 0.216 e. The molecule has 132 valence electrons. The number of hydrogen-bond acceptors (Lipinski definition) is 5. The summed E-state index contributed by atoms with van der Waals surface area (Å²) in [6.07, 6.45) is 2.18. The second-order valence-corrected chi connectivity index (χ2v) is 4.96. The molecule has 0 bridgehead atoms. The molecule has 3 aromatic rings. The quantitative estimate of drug-likeness (QED) is 0.300. The summed E-state index contributed by atoms with van der Waals surface area (Å²) in [5.41, 5.74) is 6.70. The van der Waals surface area contributed by atoms with Crippen molar-refractivity contribution in [3.8, 4) is 17.3 Å². The van der Waals surface area contributed by atoms with Crippen LogP contribution in [0.5, 0.6) is 5.75 Å². The standard InChI is InChI=1S/C16H18N6O2.HI/c1-23-12-5-2-4-11(10-12)19-16(17)18-8-7-14-20-15(22-21-14)13-6-3-9-24-13;/h2-6,9-10H,7-8H2,1H3,(H3,17,18,19)(H,20,21,22);1H. The van der Waals surface area contributed by atoms with E-state index in [2.05, 4.69) is 25.5 Å². The normalized spacial score (nSPS) is 11.0. The molecule has 0 saturated carbocycles. The molecular weight excluding hydrogens is 435 g/mol. The van der Waals surface area contributed by atoms with E-state index in [4.69, 9.17) is 14.9 Å². The number of nitrogens with one attached hydrogen (secondary N) is 2. The lowest BCUT2D eigenvalue weighted by molar-refractivity contribution is 0.415. The first-order valence-electron chi connectivity index (χ1n) is 7.41. The Balaban J connectivity index is 0.00000225. The van der Waals surface area contributed by atoms with Crippen molar-refractivity contribution in [1.29, 1.82) is 0 Å². The Labute approximate surface area is 161 Å². The Morgan fingerprint density at radius 1 is 1.36 bits per heavy atom. The number of halogens is 1. The van der Waals surface area contributed by atoms with Crippen LogP contribution in [0.4, 0.5) is 5.69 Å². The molecule has 0 aliphatic rings. The zero-order chi connectivity index (χ0) is 16.8. The van der Waals surface area contributed by atoms with Crippen LogP contribution >= 0.6 is 24.0 Å². The van der Waals surface area contributed by atoms with Crippen molar-refractivity contribution in [1.82, 2.24) is 15.2 Å². The number of H-pyrrole nitrogens is 1. The zero-order valence-electron chi connectivity index (χ0n) is 13.6. The van der Waals surface area contributed by atoms with E-state index in [0.717, 1.165) is 17.3 Å². The molecule has 1 aromatic carbocycles. The third kappa shape index (κ3) is 5.21. The zero-order valence-corrected chi connectivity index (χ0v) is 15.9. The van der Waals surface area contributed by atoms with E-state index >= 15 is 0 Å². The van der Waals surface area contributed by atoms with Gasteiger partial charge >= 0.3 is 0 Å². The largest absolute Gasteiger partial charge is 0.497 e. The fourth-order valence-corrected chi connectivity index (χ4v) is 2.09. The molecule has 0 fully saturated rings. The van der Waals surface area contributed by atoms with Crippen molar-refractivity contribution >= 4 is 35.6 Å². The number of aromatic amines is 1. The molecule has 8 nitrogen and oxygen atoms in total. The third-order valence-corrected chi connectivity index (χ3v) is 3.25. The SMILES string of the molecule is COc1cccc(NC(N)=NCCc2nc(-c3ccco3)n[nH]2)c1.I. The number of benzene rings is 1. The number of guanidine groups is 1. The van der Waals surface area contributed by atoms with Crippen molar-refractivity contribution < 1.29 is 9.15 Å². The summed E-state index contributed by atoms with van der Waals surface area (Å²) in [6, 6.07) is 11.1. The molecule has 3 rings (SSSR count). The fourth-order valence-electron chi connectivity index (χ4n) is 2.09. The summed E-state index contributed by atoms with van der Waals surface area (Å²) < 4.78 is 10.4. The number of methoxy groups -OCH3 is 1. The Kier molecular flexibility index (Phi) is 6.81. The van der Waals surface area contributed by atoms with Crippen molar-refractivity contribution in [3.63, 3.8) is 0 Å². The summed E-state index contributed by atoms with van der Waals surface area (Å²) in [7, 11) is 1.62. The predicted octanol–water partition coefficient (Wildman–Crippen LogP) is 2.66. The number of nitrogens with zero attached hydrogens (tertiary/aromatic N) is 3. The highest BCUT2D eigenvalue weighted by molar-refractivity contribution is 14.0. The van der Waals surface area contributed by atoms with Gasteiger partial charge in [0.25, 0.3) is 0 Å². The highest BCUT2D eigenvalue weighted by Gasteiger charge is 2.07. The lowest BCUT2D eigenvalue weighted by Crippen LogP contribution is -2.23. The van der Waals surface area contributed by atoms with Gasteiger partial charge in [0.05, 0.1) is 13.4 Å². The van der Waals surface area contributed by atoms with Crippen LogP contribution < -0.4 is 15.8 Å². The van der Waals surface area contributed by atoms with E-state index < -0.39 is 0 Å².